The van der Waals surface area contributed by atoms with Gasteiger partial charge in [0, 0.05) is 18.1 Å². The molecule has 2 unspecified atom stereocenters. The Labute approximate surface area is 126 Å². The van der Waals surface area contributed by atoms with Crippen LogP contribution >= 0.6 is 0 Å². The van der Waals surface area contributed by atoms with Crippen LogP contribution in [-0.2, 0) is 0 Å². The second kappa shape index (κ2) is 9.04. The summed E-state index contributed by atoms with van der Waals surface area (Å²) in [5, 5.41) is 3.89. The predicted octanol–water partition coefficient (Wildman–Crippen LogP) is 4.34. The third-order valence-corrected chi connectivity index (χ3v) is 5.10. The molecule has 0 aliphatic heterocycles. The average Bonchev–Trinajstić information content (AvgIpc) is 3.25. The summed E-state index contributed by atoms with van der Waals surface area (Å²) >= 11 is 0. The van der Waals surface area contributed by atoms with Crippen molar-refractivity contribution in [1.82, 2.24) is 10.2 Å². The molecule has 0 spiro atoms. The summed E-state index contributed by atoms with van der Waals surface area (Å²) in [5.41, 5.74) is 0. The van der Waals surface area contributed by atoms with Gasteiger partial charge in [-0.05, 0) is 51.6 Å². The first kappa shape index (κ1) is 16.3. The van der Waals surface area contributed by atoms with E-state index in [2.05, 4.69) is 24.1 Å². The second-order valence-electron chi connectivity index (χ2n) is 6.94. The lowest BCUT2D eigenvalue weighted by molar-refractivity contribution is 0.123. The van der Waals surface area contributed by atoms with Crippen molar-refractivity contribution in [1.29, 1.82) is 0 Å². The van der Waals surface area contributed by atoms with E-state index in [1.165, 1.54) is 83.7 Å². The molecule has 0 bridgehead atoms. The van der Waals surface area contributed by atoms with E-state index >= 15 is 0 Å². The van der Waals surface area contributed by atoms with E-state index in [0.29, 0.717) is 0 Å². The molecule has 2 rings (SSSR count). The first-order valence-electron chi connectivity index (χ1n) is 9.36. The molecule has 0 aromatic heterocycles. The summed E-state index contributed by atoms with van der Waals surface area (Å²) in [6.45, 7) is 7.17. The highest BCUT2D eigenvalue weighted by Gasteiger charge is 2.36. The summed E-state index contributed by atoms with van der Waals surface area (Å²) in [6, 6.07) is 2.51. The Hall–Kier alpha value is -0.0800. The molecule has 0 aromatic carbocycles. The largest absolute Gasteiger partial charge is 0.312 e. The van der Waals surface area contributed by atoms with Crippen molar-refractivity contribution in [3.8, 4) is 0 Å². The quantitative estimate of drug-likeness (QED) is 0.711. The monoisotopic (exact) mass is 280 g/mol. The maximum absolute atomic E-state index is 3.89. The fourth-order valence-corrected chi connectivity index (χ4v) is 3.80. The maximum Gasteiger partial charge on any atom is 0.0252 e. The fraction of sp³-hybridized carbons (Fsp3) is 1.00. The van der Waals surface area contributed by atoms with Gasteiger partial charge in [-0.15, -0.1) is 0 Å². The van der Waals surface area contributed by atoms with Gasteiger partial charge in [-0.25, -0.2) is 0 Å². The minimum Gasteiger partial charge on any atom is -0.312 e. The van der Waals surface area contributed by atoms with Crippen LogP contribution < -0.4 is 5.32 Å². The minimum atomic E-state index is 0.757. The zero-order valence-corrected chi connectivity index (χ0v) is 13.9. The van der Waals surface area contributed by atoms with Crippen molar-refractivity contribution < 1.29 is 0 Å². The van der Waals surface area contributed by atoms with Crippen LogP contribution in [0.15, 0.2) is 0 Å². The van der Waals surface area contributed by atoms with Crippen molar-refractivity contribution in [2.45, 2.75) is 103 Å². The van der Waals surface area contributed by atoms with Crippen LogP contribution in [0.1, 0.15) is 84.5 Å². The van der Waals surface area contributed by atoms with E-state index in [1.54, 1.807) is 0 Å². The van der Waals surface area contributed by atoms with Crippen molar-refractivity contribution in [3.05, 3.63) is 0 Å². The molecule has 2 aliphatic rings. The minimum absolute atomic E-state index is 0.757. The number of unbranched alkanes of at least 4 members (excludes halogenated alkanes) is 1. The van der Waals surface area contributed by atoms with E-state index < -0.39 is 0 Å². The van der Waals surface area contributed by atoms with Gasteiger partial charge in [0.1, 0.15) is 0 Å². The molecular formula is C18H36N2. The molecule has 118 valence electrons. The van der Waals surface area contributed by atoms with Gasteiger partial charge < -0.3 is 5.32 Å². The van der Waals surface area contributed by atoms with Crippen LogP contribution in [0.2, 0.25) is 0 Å². The van der Waals surface area contributed by atoms with Crippen LogP contribution in [0.3, 0.4) is 0 Å². The Morgan fingerprint density at radius 1 is 0.900 bits per heavy atom. The van der Waals surface area contributed by atoms with Crippen LogP contribution in [-0.4, -0.2) is 36.1 Å². The van der Waals surface area contributed by atoms with Gasteiger partial charge in [0.25, 0.3) is 0 Å². The Morgan fingerprint density at radius 3 is 2.30 bits per heavy atom. The third kappa shape index (κ3) is 5.04. The lowest BCUT2D eigenvalue weighted by Gasteiger charge is -2.39. The summed E-state index contributed by atoms with van der Waals surface area (Å²) < 4.78 is 0. The van der Waals surface area contributed by atoms with Crippen molar-refractivity contribution in [2.75, 3.05) is 13.1 Å². The summed E-state index contributed by atoms with van der Waals surface area (Å²) in [5.74, 6) is 0. The Balaban J connectivity index is 1.98. The topological polar surface area (TPSA) is 15.3 Å². The van der Waals surface area contributed by atoms with Gasteiger partial charge in [-0.1, -0.05) is 46.0 Å². The highest BCUT2D eigenvalue weighted by Crippen LogP contribution is 2.33. The normalized spacial score (nSPS) is 28.4. The summed E-state index contributed by atoms with van der Waals surface area (Å²) in [4.78, 5) is 2.90. The summed E-state index contributed by atoms with van der Waals surface area (Å²) in [7, 11) is 0. The molecule has 2 heteroatoms. The fourth-order valence-electron chi connectivity index (χ4n) is 3.80. The van der Waals surface area contributed by atoms with Gasteiger partial charge >= 0.3 is 0 Å². The Kier molecular flexibility index (Phi) is 7.37. The SMILES string of the molecule is CCCCN(C1CC1)C1CCCCCCC1NCCC. The highest BCUT2D eigenvalue weighted by molar-refractivity contribution is 4.94. The predicted molar refractivity (Wildman–Crippen MR) is 88.2 cm³/mol. The van der Waals surface area contributed by atoms with Crippen LogP contribution in [0, 0.1) is 0 Å². The number of rotatable bonds is 8. The second-order valence-corrected chi connectivity index (χ2v) is 6.94. The van der Waals surface area contributed by atoms with Gasteiger partial charge in [-0.2, -0.15) is 0 Å². The van der Waals surface area contributed by atoms with Crippen LogP contribution in [0.25, 0.3) is 0 Å². The smallest absolute Gasteiger partial charge is 0.0252 e. The van der Waals surface area contributed by atoms with Gasteiger partial charge in [-0.3, -0.25) is 4.90 Å². The van der Waals surface area contributed by atoms with Crippen molar-refractivity contribution >= 4 is 0 Å². The van der Waals surface area contributed by atoms with E-state index in [-0.39, 0.29) is 0 Å². The van der Waals surface area contributed by atoms with Gasteiger partial charge in [0.05, 0.1) is 0 Å². The molecule has 2 aliphatic carbocycles. The molecule has 20 heavy (non-hydrogen) atoms. The number of hydrogen-bond donors (Lipinski definition) is 1. The van der Waals surface area contributed by atoms with Gasteiger partial charge in [0.15, 0.2) is 0 Å². The number of nitrogens with one attached hydrogen (secondary N) is 1. The molecule has 0 aromatic rings. The maximum atomic E-state index is 3.89. The molecule has 0 radical (unpaired) electrons. The molecule has 1 N–H and O–H groups in total. The Bertz CT molecular complexity index is 248. The van der Waals surface area contributed by atoms with E-state index in [1.807, 2.05) is 0 Å². The Morgan fingerprint density at radius 2 is 1.65 bits per heavy atom. The molecule has 2 saturated carbocycles. The van der Waals surface area contributed by atoms with E-state index in [0.717, 1.165) is 18.1 Å². The first-order chi connectivity index (χ1) is 9.86. The number of hydrogen-bond acceptors (Lipinski definition) is 2. The molecule has 0 heterocycles. The standard InChI is InChI=1S/C18H36N2/c1-3-5-15-20(16-12-13-16)18-11-9-7-6-8-10-17(18)19-14-4-2/h16-19H,3-15H2,1-2H3. The lowest BCUT2D eigenvalue weighted by Crippen LogP contribution is -2.52. The molecule has 2 fully saturated rings. The molecule has 2 nitrogen and oxygen atoms in total. The number of nitrogens with zero attached hydrogens (tertiary/aromatic N) is 1. The van der Waals surface area contributed by atoms with Crippen LogP contribution in [0.5, 0.6) is 0 Å². The van der Waals surface area contributed by atoms with Crippen molar-refractivity contribution in [2.24, 2.45) is 0 Å². The zero-order valence-electron chi connectivity index (χ0n) is 13.9. The summed E-state index contributed by atoms with van der Waals surface area (Å²) in [6.07, 6.45) is 15.5. The van der Waals surface area contributed by atoms with E-state index in [9.17, 15) is 0 Å². The molecular weight excluding hydrogens is 244 g/mol. The first-order valence-corrected chi connectivity index (χ1v) is 9.36. The average molecular weight is 280 g/mol. The zero-order chi connectivity index (χ0) is 14.2. The van der Waals surface area contributed by atoms with Crippen LogP contribution in [0.4, 0.5) is 0 Å². The molecule has 0 saturated heterocycles. The lowest BCUT2D eigenvalue weighted by atomic mass is 9.90. The molecule has 2 atom stereocenters. The van der Waals surface area contributed by atoms with E-state index in [4.69, 9.17) is 0 Å². The van der Waals surface area contributed by atoms with Crippen molar-refractivity contribution in [3.63, 3.8) is 0 Å². The highest BCUT2D eigenvalue weighted by atomic mass is 15.2. The third-order valence-electron chi connectivity index (χ3n) is 5.10. The van der Waals surface area contributed by atoms with Gasteiger partial charge in [0.2, 0.25) is 0 Å². The molecule has 0 amide bonds.